The zero-order valence-electron chi connectivity index (χ0n) is 24.1. The number of nitrogens with one attached hydrogen (secondary N) is 3. The highest BCUT2D eigenvalue weighted by atomic mass is 16.2. The van der Waals surface area contributed by atoms with Crippen molar-refractivity contribution in [3.05, 3.63) is 53.7 Å². The summed E-state index contributed by atoms with van der Waals surface area (Å²) in [6.45, 7) is 7.74. The van der Waals surface area contributed by atoms with Crippen molar-refractivity contribution in [1.29, 1.82) is 5.26 Å². The van der Waals surface area contributed by atoms with Crippen molar-refractivity contribution >= 4 is 29.3 Å². The maximum Gasteiger partial charge on any atom is 0.246 e. The number of hydrogen-bond acceptors (Lipinski definition) is 8. The number of nitriles is 1. The molecule has 0 aliphatic heterocycles. The smallest absolute Gasteiger partial charge is 0.246 e. The fourth-order valence-corrected chi connectivity index (χ4v) is 3.42. The second-order valence-electron chi connectivity index (χ2n) is 9.68. The van der Waals surface area contributed by atoms with Crippen LogP contribution in [0.5, 0.6) is 0 Å². The van der Waals surface area contributed by atoms with Crippen molar-refractivity contribution in [1.82, 2.24) is 25.1 Å². The van der Waals surface area contributed by atoms with Gasteiger partial charge in [0.2, 0.25) is 17.8 Å². The predicted molar refractivity (Wildman–Crippen MR) is 159 cm³/mol. The lowest BCUT2D eigenvalue weighted by atomic mass is 10.2. The Bertz CT molecular complexity index is 1240. The van der Waals surface area contributed by atoms with E-state index in [0.717, 1.165) is 18.7 Å². The van der Waals surface area contributed by atoms with Gasteiger partial charge in [0.15, 0.2) is 0 Å². The molecular formula is C30H40N8O2. The van der Waals surface area contributed by atoms with Crippen LogP contribution >= 0.6 is 0 Å². The molecule has 0 aliphatic carbocycles. The highest BCUT2D eigenvalue weighted by molar-refractivity contribution is 5.91. The first-order valence-corrected chi connectivity index (χ1v) is 13.5. The summed E-state index contributed by atoms with van der Waals surface area (Å²) < 4.78 is 0. The number of carbonyl (C=O) groups is 2. The molecule has 2 amide bonds. The Morgan fingerprint density at radius 3 is 2.55 bits per heavy atom. The average molecular weight is 545 g/mol. The molecule has 0 atom stereocenters. The van der Waals surface area contributed by atoms with Gasteiger partial charge in [-0.2, -0.15) is 10.2 Å². The molecule has 10 heteroatoms. The van der Waals surface area contributed by atoms with E-state index in [1.807, 2.05) is 32.8 Å². The minimum Gasteiger partial charge on any atom is -0.369 e. The molecular weight excluding hydrogens is 504 g/mol. The normalized spacial score (nSPS) is 10.7. The number of hydrogen-bond donors (Lipinski definition) is 3. The highest BCUT2D eigenvalue weighted by Gasteiger charge is 2.17. The van der Waals surface area contributed by atoms with E-state index in [9.17, 15) is 9.59 Å². The lowest BCUT2D eigenvalue weighted by molar-refractivity contribution is -0.133. The van der Waals surface area contributed by atoms with E-state index in [1.54, 1.807) is 41.4 Å². The minimum atomic E-state index is -0.194. The van der Waals surface area contributed by atoms with Gasteiger partial charge in [0.05, 0.1) is 23.4 Å². The minimum absolute atomic E-state index is 0.0150. The number of rotatable bonds is 14. The molecule has 0 radical (unpaired) electrons. The molecule has 1 heterocycles. The third-order valence-corrected chi connectivity index (χ3v) is 5.58. The first kappa shape index (κ1) is 31.8. The van der Waals surface area contributed by atoms with E-state index in [0.29, 0.717) is 48.8 Å². The molecule has 0 saturated heterocycles. The van der Waals surface area contributed by atoms with Crippen LogP contribution < -0.4 is 16.0 Å². The Morgan fingerprint density at radius 1 is 1.15 bits per heavy atom. The largest absolute Gasteiger partial charge is 0.369 e. The molecule has 0 fully saturated rings. The lowest BCUT2D eigenvalue weighted by Crippen LogP contribution is -2.43. The van der Waals surface area contributed by atoms with Crippen molar-refractivity contribution in [2.24, 2.45) is 0 Å². The van der Waals surface area contributed by atoms with Crippen LogP contribution in [-0.4, -0.2) is 77.9 Å². The summed E-state index contributed by atoms with van der Waals surface area (Å²) in [4.78, 5) is 37.4. The van der Waals surface area contributed by atoms with Gasteiger partial charge in [0.1, 0.15) is 12.4 Å². The SMILES string of the molecule is CCCNc1nc(Nc2ccc(C#N)cc2)ncc1C#CCCCNC(=O)CN(C(=O)C=CCN(C)C)C(C)C. The van der Waals surface area contributed by atoms with Crippen molar-refractivity contribution < 1.29 is 9.59 Å². The molecule has 2 aromatic rings. The first-order valence-electron chi connectivity index (χ1n) is 13.5. The van der Waals surface area contributed by atoms with Crippen molar-refractivity contribution in [3.63, 3.8) is 0 Å². The molecule has 0 unspecified atom stereocenters. The van der Waals surface area contributed by atoms with Gasteiger partial charge in [-0.15, -0.1) is 0 Å². The zero-order valence-corrected chi connectivity index (χ0v) is 24.1. The molecule has 3 N–H and O–H groups in total. The lowest BCUT2D eigenvalue weighted by Gasteiger charge is -2.25. The summed E-state index contributed by atoms with van der Waals surface area (Å²) in [7, 11) is 3.86. The fraction of sp³-hybridized carbons (Fsp3) is 0.433. The highest BCUT2D eigenvalue weighted by Crippen LogP contribution is 2.18. The van der Waals surface area contributed by atoms with Gasteiger partial charge in [-0.1, -0.05) is 24.8 Å². The summed E-state index contributed by atoms with van der Waals surface area (Å²) in [5.74, 6) is 6.97. The molecule has 212 valence electrons. The summed E-state index contributed by atoms with van der Waals surface area (Å²) in [6.07, 6.45) is 7.18. The summed E-state index contributed by atoms with van der Waals surface area (Å²) in [5.41, 5.74) is 2.05. The predicted octanol–water partition coefficient (Wildman–Crippen LogP) is 3.52. The van der Waals surface area contributed by atoms with Crippen LogP contribution in [0.1, 0.15) is 51.2 Å². The monoisotopic (exact) mass is 544 g/mol. The molecule has 1 aromatic carbocycles. The van der Waals surface area contributed by atoms with Gasteiger partial charge >= 0.3 is 0 Å². The van der Waals surface area contributed by atoms with Crippen LogP contribution in [0.25, 0.3) is 0 Å². The van der Waals surface area contributed by atoms with Gasteiger partial charge in [-0.25, -0.2) is 4.98 Å². The van der Waals surface area contributed by atoms with E-state index in [2.05, 4.69) is 50.8 Å². The molecule has 0 bridgehead atoms. The number of nitrogens with zero attached hydrogens (tertiary/aromatic N) is 5. The molecule has 2 rings (SSSR count). The standard InChI is InChI=1S/C30H40N8O2/c1-6-17-33-29-25(21-34-30(36-29)35-26-15-13-24(20-31)14-16-26)11-8-7-9-18-32-27(39)22-38(23(2)3)28(40)12-10-19-37(4)5/h10,12-16,21,23H,6-7,9,17-19,22H2,1-5H3,(H,32,39)(H2,33,34,35,36). The summed E-state index contributed by atoms with van der Waals surface area (Å²) >= 11 is 0. The number of unbranched alkanes of at least 4 members (excludes halogenated alkanes) is 1. The summed E-state index contributed by atoms with van der Waals surface area (Å²) in [5, 5.41) is 18.3. The Labute approximate surface area is 237 Å². The van der Waals surface area contributed by atoms with Crippen LogP contribution in [-0.2, 0) is 9.59 Å². The summed E-state index contributed by atoms with van der Waals surface area (Å²) in [6, 6.07) is 9.07. The molecule has 0 aliphatic rings. The topological polar surface area (TPSA) is 126 Å². The van der Waals surface area contributed by atoms with Crippen molar-refractivity contribution in [2.75, 3.05) is 50.9 Å². The van der Waals surface area contributed by atoms with Crippen molar-refractivity contribution in [2.45, 2.75) is 46.1 Å². The molecule has 0 saturated carbocycles. The molecule has 1 aromatic heterocycles. The average Bonchev–Trinajstić information content (AvgIpc) is 2.93. The quantitative estimate of drug-likeness (QED) is 0.187. The van der Waals surface area contributed by atoms with Crippen LogP contribution in [0.4, 0.5) is 17.5 Å². The van der Waals surface area contributed by atoms with Crippen molar-refractivity contribution in [3.8, 4) is 17.9 Å². The van der Waals surface area contributed by atoms with Crippen LogP contribution in [0.3, 0.4) is 0 Å². The van der Waals surface area contributed by atoms with E-state index in [1.165, 1.54) is 6.08 Å². The molecule has 40 heavy (non-hydrogen) atoms. The van der Waals surface area contributed by atoms with Gasteiger partial charge < -0.3 is 25.8 Å². The Hall–Kier alpha value is -4.41. The number of anilines is 3. The van der Waals surface area contributed by atoms with Gasteiger partial charge in [-0.3, -0.25) is 9.59 Å². The Kier molecular flexibility index (Phi) is 13.7. The number of likely N-dealkylation sites (N-methyl/N-ethyl adjacent to an activating group) is 1. The van der Waals surface area contributed by atoms with Gasteiger partial charge in [0, 0.05) is 43.9 Å². The van der Waals surface area contributed by atoms with Crippen LogP contribution in [0.2, 0.25) is 0 Å². The van der Waals surface area contributed by atoms with E-state index < -0.39 is 0 Å². The van der Waals surface area contributed by atoms with E-state index in [4.69, 9.17) is 5.26 Å². The second-order valence-corrected chi connectivity index (χ2v) is 9.68. The first-order chi connectivity index (χ1) is 19.2. The number of aromatic nitrogens is 2. The van der Waals surface area contributed by atoms with Gasteiger partial charge in [-0.05, 0) is 65.0 Å². The maximum absolute atomic E-state index is 12.5. The van der Waals surface area contributed by atoms with E-state index >= 15 is 0 Å². The third-order valence-electron chi connectivity index (χ3n) is 5.58. The van der Waals surface area contributed by atoms with Crippen LogP contribution in [0.15, 0.2) is 42.6 Å². The van der Waals surface area contributed by atoms with E-state index in [-0.39, 0.29) is 24.4 Å². The Balaban J connectivity index is 1.89. The number of amides is 2. The van der Waals surface area contributed by atoms with Crippen LogP contribution in [0, 0.1) is 23.2 Å². The Morgan fingerprint density at radius 2 is 1.90 bits per heavy atom. The molecule has 0 spiro atoms. The number of benzene rings is 1. The molecule has 10 nitrogen and oxygen atoms in total. The van der Waals surface area contributed by atoms with Gasteiger partial charge in [0.25, 0.3) is 0 Å². The maximum atomic E-state index is 12.5. The number of carbonyl (C=O) groups excluding carboxylic acids is 2. The second kappa shape index (κ2) is 17.2. The fourth-order valence-electron chi connectivity index (χ4n) is 3.42. The zero-order chi connectivity index (χ0) is 29.3. The third kappa shape index (κ3) is 11.5.